The van der Waals surface area contributed by atoms with E-state index in [1.54, 1.807) is 7.11 Å². The molecule has 1 saturated heterocycles. The monoisotopic (exact) mass is 172 g/mol. The van der Waals surface area contributed by atoms with Crippen LogP contribution in [0.5, 0.6) is 0 Å². The van der Waals surface area contributed by atoms with Crippen LogP contribution < -0.4 is 5.43 Å². The summed E-state index contributed by atoms with van der Waals surface area (Å²) in [5.41, 5.74) is 3.50. The van der Waals surface area contributed by atoms with Crippen molar-refractivity contribution < 1.29 is 4.74 Å². The Balaban J connectivity index is 2.48. The Bertz CT molecular complexity index is 147. The molecule has 1 heterocycles. The van der Waals surface area contributed by atoms with Crippen LogP contribution in [-0.2, 0) is 4.74 Å². The molecule has 1 aliphatic rings. The fraction of sp³-hybridized carbons (Fsp3) is 1.00. The van der Waals surface area contributed by atoms with E-state index in [1.165, 1.54) is 6.42 Å². The zero-order valence-electron chi connectivity index (χ0n) is 8.55. The van der Waals surface area contributed by atoms with Crippen LogP contribution in [0.1, 0.15) is 20.3 Å². The van der Waals surface area contributed by atoms with Gasteiger partial charge in [-0.1, -0.05) is 0 Å². The Morgan fingerprint density at radius 2 is 2.25 bits per heavy atom. The van der Waals surface area contributed by atoms with E-state index in [0.717, 1.165) is 13.2 Å². The minimum Gasteiger partial charge on any atom is -0.384 e. The highest BCUT2D eigenvalue weighted by Gasteiger charge is 2.37. The van der Waals surface area contributed by atoms with Crippen LogP contribution in [0.2, 0.25) is 0 Å². The van der Waals surface area contributed by atoms with Crippen molar-refractivity contribution in [2.24, 2.45) is 5.92 Å². The number of hydrazine groups is 1. The Labute approximate surface area is 75.0 Å². The van der Waals surface area contributed by atoms with Crippen molar-refractivity contribution in [3.8, 4) is 0 Å². The SMILES string of the molecule is CNN1CC(COC)CC1(C)C. The topological polar surface area (TPSA) is 24.5 Å². The number of hydrogen-bond donors (Lipinski definition) is 1. The number of hydrogen-bond acceptors (Lipinski definition) is 3. The molecule has 0 bridgehead atoms. The van der Waals surface area contributed by atoms with Crippen molar-refractivity contribution in [1.82, 2.24) is 10.4 Å². The summed E-state index contributed by atoms with van der Waals surface area (Å²) in [5.74, 6) is 0.678. The second-order valence-corrected chi connectivity index (χ2v) is 4.17. The van der Waals surface area contributed by atoms with E-state index in [-0.39, 0.29) is 5.54 Å². The molecule has 72 valence electrons. The normalized spacial score (nSPS) is 29.5. The van der Waals surface area contributed by atoms with Crippen LogP contribution in [0.3, 0.4) is 0 Å². The van der Waals surface area contributed by atoms with E-state index in [0.29, 0.717) is 5.92 Å². The van der Waals surface area contributed by atoms with Gasteiger partial charge in [-0.25, -0.2) is 5.01 Å². The molecule has 3 heteroatoms. The first-order valence-corrected chi connectivity index (χ1v) is 4.54. The molecule has 1 unspecified atom stereocenters. The highest BCUT2D eigenvalue weighted by molar-refractivity contribution is 4.90. The number of ether oxygens (including phenoxy) is 1. The van der Waals surface area contributed by atoms with Crippen molar-refractivity contribution in [1.29, 1.82) is 0 Å². The highest BCUT2D eigenvalue weighted by Crippen LogP contribution is 2.30. The second-order valence-electron chi connectivity index (χ2n) is 4.17. The van der Waals surface area contributed by atoms with Crippen molar-refractivity contribution in [2.75, 3.05) is 27.3 Å². The summed E-state index contributed by atoms with van der Waals surface area (Å²) in [7, 11) is 3.76. The van der Waals surface area contributed by atoms with Crippen LogP contribution in [-0.4, -0.2) is 37.9 Å². The Kier molecular flexibility index (Phi) is 3.09. The molecule has 3 nitrogen and oxygen atoms in total. The number of rotatable bonds is 3. The van der Waals surface area contributed by atoms with Gasteiger partial charge in [-0.15, -0.1) is 0 Å². The molecule has 1 N–H and O–H groups in total. The predicted molar refractivity (Wildman–Crippen MR) is 49.8 cm³/mol. The van der Waals surface area contributed by atoms with Crippen LogP contribution >= 0.6 is 0 Å². The summed E-state index contributed by atoms with van der Waals surface area (Å²) in [6.07, 6.45) is 1.21. The molecule has 0 aromatic carbocycles. The first kappa shape index (κ1) is 9.96. The lowest BCUT2D eigenvalue weighted by molar-refractivity contribution is 0.116. The summed E-state index contributed by atoms with van der Waals surface area (Å²) in [5, 5.41) is 2.29. The summed E-state index contributed by atoms with van der Waals surface area (Å²) >= 11 is 0. The van der Waals surface area contributed by atoms with Crippen molar-refractivity contribution in [3.05, 3.63) is 0 Å². The van der Waals surface area contributed by atoms with Crippen LogP contribution in [0.25, 0.3) is 0 Å². The molecule has 0 radical (unpaired) electrons. The van der Waals surface area contributed by atoms with Gasteiger partial charge >= 0.3 is 0 Å². The van der Waals surface area contributed by atoms with Crippen molar-refractivity contribution in [2.45, 2.75) is 25.8 Å². The third kappa shape index (κ3) is 1.97. The third-order valence-corrected chi connectivity index (χ3v) is 2.63. The Morgan fingerprint density at radius 1 is 1.58 bits per heavy atom. The standard InChI is InChI=1S/C9H20N2O/c1-9(2)5-8(7-12-4)6-11(9)10-3/h8,10H,5-7H2,1-4H3. The van der Waals surface area contributed by atoms with Crippen LogP contribution in [0.4, 0.5) is 0 Å². The highest BCUT2D eigenvalue weighted by atomic mass is 16.5. The average molecular weight is 172 g/mol. The molecule has 0 aliphatic carbocycles. The number of nitrogens with one attached hydrogen (secondary N) is 1. The summed E-state index contributed by atoms with van der Waals surface area (Å²) in [6.45, 7) is 6.50. The summed E-state index contributed by atoms with van der Waals surface area (Å²) in [6, 6.07) is 0. The molecule has 0 aromatic heterocycles. The van der Waals surface area contributed by atoms with Gasteiger partial charge in [0.05, 0.1) is 6.61 Å². The van der Waals surface area contributed by atoms with Gasteiger partial charge in [0, 0.05) is 19.2 Å². The molecular weight excluding hydrogens is 152 g/mol. The lowest BCUT2D eigenvalue weighted by Crippen LogP contribution is -2.45. The smallest absolute Gasteiger partial charge is 0.0503 e. The van der Waals surface area contributed by atoms with Gasteiger partial charge in [-0.3, -0.25) is 5.43 Å². The van der Waals surface area contributed by atoms with Gasteiger partial charge < -0.3 is 4.74 Å². The minimum absolute atomic E-state index is 0.276. The molecule has 1 rings (SSSR count). The summed E-state index contributed by atoms with van der Waals surface area (Å²) < 4.78 is 5.16. The lowest BCUT2D eigenvalue weighted by atomic mass is 9.97. The van der Waals surface area contributed by atoms with E-state index < -0.39 is 0 Å². The van der Waals surface area contributed by atoms with Crippen LogP contribution in [0, 0.1) is 5.92 Å². The quantitative estimate of drug-likeness (QED) is 0.683. The van der Waals surface area contributed by atoms with E-state index in [9.17, 15) is 0 Å². The first-order chi connectivity index (χ1) is 5.60. The molecule has 0 spiro atoms. The van der Waals surface area contributed by atoms with Gasteiger partial charge in [0.25, 0.3) is 0 Å². The summed E-state index contributed by atoms with van der Waals surface area (Å²) in [4.78, 5) is 0. The maximum Gasteiger partial charge on any atom is 0.0503 e. The maximum absolute atomic E-state index is 5.16. The minimum atomic E-state index is 0.276. The number of nitrogens with zero attached hydrogens (tertiary/aromatic N) is 1. The second kappa shape index (κ2) is 3.73. The van der Waals surface area contributed by atoms with E-state index in [4.69, 9.17) is 4.74 Å². The molecular formula is C9H20N2O. The van der Waals surface area contributed by atoms with E-state index in [2.05, 4.69) is 24.3 Å². The van der Waals surface area contributed by atoms with Crippen molar-refractivity contribution in [3.63, 3.8) is 0 Å². The third-order valence-electron chi connectivity index (χ3n) is 2.63. The molecule has 0 amide bonds. The average Bonchev–Trinajstić information content (AvgIpc) is 2.25. The lowest BCUT2D eigenvalue weighted by Gasteiger charge is -2.30. The molecule has 12 heavy (non-hydrogen) atoms. The number of methoxy groups -OCH3 is 1. The van der Waals surface area contributed by atoms with E-state index >= 15 is 0 Å². The molecule has 1 fully saturated rings. The largest absolute Gasteiger partial charge is 0.384 e. The zero-order chi connectivity index (χ0) is 9.19. The van der Waals surface area contributed by atoms with Gasteiger partial charge in [-0.05, 0) is 33.2 Å². The fourth-order valence-electron chi connectivity index (χ4n) is 2.13. The van der Waals surface area contributed by atoms with Crippen molar-refractivity contribution >= 4 is 0 Å². The first-order valence-electron chi connectivity index (χ1n) is 4.54. The van der Waals surface area contributed by atoms with Crippen LogP contribution in [0.15, 0.2) is 0 Å². The Morgan fingerprint density at radius 3 is 2.67 bits per heavy atom. The fourth-order valence-corrected chi connectivity index (χ4v) is 2.13. The molecule has 1 atom stereocenters. The maximum atomic E-state index is 5.16. The molecule has 0 saturated carbocycles. The molecule has 1 aliphatic heterocycles. The predicted octanol–water partition coefficient (Wildman–Crippen LogP) is 0.868. The Hall–Kier alpha value is -0.120. The van der Waals surface area contributed by atoms with Gasteiger partial charge in [0.2, 0.25) is 0 Å². The molecule has 0 aromatic rings. The van der Waals surface area contributed by atoms with Gasteiger partial charge in [-0.2, -0.15) is 0 Å². The zero-order valence-corrected chi connectivity index (χ0v) is 8.55. The van der Waals surface area contributed by atoms with E-state index in [1.807, 2.05) is 7.05 Å². The van der Waals surface area contributed by atoms with Gasteiger partial charge in [0.1, 0.15) is 0 Å². The van der Waals surface area contributed by atoms with Gasteiger partial charge in [0.15, 0.2) is 0 Å².